The Hall–Kier alpha value is -0.780. The lowest BCUT2D eigenvalue weighted by molar-refractivity contribution is 0.599. The molecular formula is C13H20. The van der Waals surface area contributed by atoms with Crippen LogP contribution in [0.3, 0.4) is 0 Å². The molecule has 1 saturated carbocycles. The summed E-state index contributed by atoms with van der Waals surface area (Å²) in [6.45, 7) is 3.70. The zero-order valence-electron chi connectivity index (χ0n) is 8.47. The van der Waals surface area contributed by atoms with Crippen molar-refractivity contribution in [2.45, 2.75) is 44.9 Å². The first kappa shape index (κ1) is 10.3. The molecule has 1 aliphatic carbocycles. The van der Waals surface area contributed by atoms with Crippen molar-refractivity contribution in [1.29, 1.82) is 0 Å². The minimum atomic E-state index is 1.10. The van der Waals surface area contributed by atoms with E-state index in [9.17, 15) is 0 Å². The molecule has 72 valence electrons. The summed E-state index contributed by atoms with van der Waals surface area (Å²) >= 11 is 0. The highest BCUT2D eigenvalue weighted by Crippen LogP contribution is 2.22. The van der Waals surface area contributed by atoms with Gasteiger partial charge in [-0.2, -0.15) is 0 Å². The fraction of sp³-hybridized carbons (Fsp3) is 0.538. The van der Waals surface area contributed by atoms with Crippen molar-refractivity contribution in [3.63, 3.8) is 0 Å². The minimum Gasteiger partial charge on any atom is -0.103 e. The maximum atomic E-state index is 3.70. The maximum absolute atomic E-state index is 3.70. The highest BCUT2D eigenvalue weighted by atomic mass is 14.1. The normalized spacial score (nSPS) is 17.7. The molecule has 0 N–H and O–H groups in total. The van der Waals surface area contributed by atoms with E-state index >= 15 is 0 Å². The molecule has 0 bridgehead atoms. The second-order valence-corrected chi connectivity index (χ2v) is 3.68. The summed E-state index contributed by atoms with van der Waals surface area (Å²) in [6.07, 6.45) is 17.8. The van der Waals surface area contributed by atoms with Crippen LogP contribution in [-0.2, 0) is 0 Å². The minimum absolute atomic E-state index is 1.10. The molecule has 0 spiro atoms. The van der Waals surface area contributed by atoms with Gasteiger partial charge >= 0.3 is 0 Å². The average molecular weight is 176 g/mol. The van der Waals surface area contributed by atoms with Crippen LogP contribution in [0.4, 0.5) is 0 Å². The molecule has 0 heteroatoms. The van der Waals surface area contributed by atoms with Crippen LogP contribution in [0, 0.1) is 0 Å². The van der Waals surface area contributed by atoms with Crippen molar-refractivity contribution in [1.82, 2.24) is 0 Å². The van der Waals surface area contributed by atoms with E-state index in [-0.39, 0.29) is 0 Å². The van der Waals surface area contributed by atoms with E-state index in [1.807, 2.05) is 6.08 Å². The number of hydrogen-bond donors (Lipinski definition) is 0. The van der Waals surface area contributed by atoms with Gasteiger partial charge in [-0.05, 0) is 38.5 Å². The first-order valence-electron chi connectivity index (χ1n) is 5.39. The molecule has 0 atom stereocenters. The van der Waals surface area contributed by atoms with Gasteiger partial charge in [0.05, 0.1) is 0 Å². The third-order valence-electron chi connectivity index (χ3n) is 2.50. The number of rotatable bonds is 4. The predicted molar refractivity (Wildman–Crippen MR) is 59.7 cm³/mol. The molecule has 0 amide bonds. The Morgan fingerprint density at radius 3 is 2.54 bits per heavy atom. The Labute approximate surface area is 82.0 Å². The van der Waals surface area contributed by atoms with Crippen LogP contribution in [0.25, 0.3) is 0 Å². The summed E-state index contributed by atoms with van der Waals surface area (Å²) in [4.78, 5) is 0. The zero-order chi connectivity index (χ0) is 9.36. The highest BCUT2D eigenvalue weighted by molar-refractivity contribution is 5.13. The van der Waals surface area contributed by atoms with Gasteiger partial charge in [-0.3, -0.25) is 0 Å². The predicted octanol–water partition coefficient (Wildman–Crippen LogP) is 4.40. The summed E-state index contributed by atoms with van der Waals surface area (Å²) < 4.78 is 0. The fourth-order valence-corrected chi connectivity index (χ4v) is 1.69. The molecular weight excluding hydrogens is 156 g/mol. The largest absolute Gasteiger partial charge is 0.103 e. The number of unbranched alkanes of at least 4 members (excludes halogenated alkanes) is 1. The molecule has 0 aliphatic heterocycles. The standard InChI is InChI=1S/C13H20/c1-2-3-4-5-7-10-13-11-8-6-9-12-13/h2,5,7,10H,1,3-4,6,8-9,11-12H2/b7-5-. The first-order valence-corrected chi connectivity index (χ1v) is 5.39. The quantitative estimate of drug-likeness (QED) is 0.440. The SMILES string of the molecule is C=CCC/C=C\C=C1CCCCC1. The molecule has 0 nitrogen and oxygen atoms in total. The van der Waals surface area contributed by atoms with Gasteiger partial charge < -0.3 is 0 Å². The molecule has 0 radical (unpaired) electrons. The second kappa shape index (κ2) is 6.71. The smallest absolute Gasteiger partial charge is 0.0313 e. The van der Waals surface area contributed by atoms with E-state index in [4.69, 9.17) is 0 Å². The second-order valence-electron chi connectivity index (χ2n) is 3.68. The number of hydrogen-bond acceptors (Lipinski definition) is 0. The van der Waals surface area contributed by atoms with Gasteiger partial charge in [-0.15, -0.1) is 6.58 Å². The van der Waals surface area contributed by atoms with Gasteiger partial charge in [0.15, 0.2) is 0 Å². The van der Waals surface area contributed by atoms with E-state index in [0.717, 1.165) is 12.8 Å². The third kappa shape index (κ3) is 4.72. The van der Waals surface area contributed by atoms with Crippen LogP contribution < -0.4 is 0 Å². The van der Waals surface area contributed by atoms with Crippen LogP contribution in [0.2, 0.25) is 0 Å². The Bertz CT molecular complexity index is 188. The highest BCUT2D eigenvalue weighted by Gasteiger charge is 2.02. The van der Waals surface area contributed by atoms with E-state index < -0.39 is 0 Å². The van der Waals surface area contributed by atoms with E-state index in [1.54, 1.807) is 5.57 Å². The van der Waals surface area contributed by atoms with Crippen LogP contribution in [0.15, 0.2) is 36.5 Å². The monoisotopic (exact) mass is 176 g/mol. The van der Waals surface area contributed by atoms with Crippen molar-refractivity contribution in [2.24, 2.45) is 0 Å². The molecule has 13 heavy (non-hydrogen) atoms. The Balaban J connectivity index is 2.20. The van der Waals surface area contributed by atoms with Crippen molar-refractivity contribution >= 4 is 0 Å². The van der Waals surface area contributed by atoms with Crippen molar-refractivity contribution in [2.75, 3.05) is 0 Å². The Morgan fingerprint density at radius 1 is 1.08 bits per heavy atom. The van der Waals surface area contributed by atoms with E-state index in [2.05, 4.69) is 24.8 Å². The first-order chi connectivity index (χ1) is 6.43. The van der Waals surface area contributed by atoms with Crippen LogP contribution >= 0.6 is 0 Å². The van der Waals surface area contributed by atoms with E-state index in [1.165, 1.54) is 32.1 Å². The summed E-state index contributed by atoms with van der Waals surface area (Å²) in [5.74, 6) is 0. The molecule has 0 heterocycles. The third-order valence-corrected chi connectivity index (χ3v) is 2.50. The molecule has 0 aromatic rings. The molecule has 0 aromatic carbocycles. The van der Waals surface area contributed by atoms with Crippen molar-refractivity contribution in [3.8, 4) is 0 Å². The molecule has 0 aromatic heterocycles. The lowest BCUT2D eigenvalue weighted by Crippen LogP contribution is -1.92. The van der Waals surface area contributed by atoms with Gasteiger partial charge in [-0.25, -0.2) is 0 Å². The topological polar surface area (TPSA) is 0 Å². The lowest BCUT2D eigenvalue weighted by atomic mass is 9.95. The number of allylic oxidation sites excluding steroid dienone is 5. The van der Waals surface area contributed by atoms with Gasteiger partial charge in [0.2, 0.25) is 0 Å². The molecule has 0 saturated heterocycles. The van der Waals surface area contributed by atoms with Gasteiger partial charge in [-0.1, -0.05) is 36.3 Å². The average Bonchev–Trinajstić information content (AvgIpc) is 2.19. The van der Waals surface area contributed by atoms with Gasteiger partial charge in [0, 0.05) is 0 Å². The van der Waals surface area contributed by atoms with Gasteiger partial charge in [0.25, 0.3) is 0 Å². The Morgan fingerprint density at radius 2 is 1.85 bits per heavy atom. The lowest BCUT2D eigenvalue weighted by Gasteiger charge is -2.12. The van der Waals surface area contributed by atoms with Crippen LogP contribution in [0.5, 0.6) is 0 Å². The van der Waals surface area contributed by atoms with E-state index in [0.29, 0.717) is 0 Å². The van der Waals surface area contributed by atoms with Crippen molar-refractivity contribution < 1.29 is 0 Å². The van der Waals surface area contributed by atoms with Crippen molar-refractivity contribution in [3.05, 3.63) is 36.5 Å². The molecule has 1 aliphatic rings. The summed E-state index contributed by atoms with van der Waals surface area (Å²) in [6, 6.07) is 0. The fourth-order valence-electron chi connectivity index (χ4n) is 1.69. The zero-order valence-corrected chi connectivity index (χ0v) is 8.47. The molecule has 1 rings (SSSR count). The van der Waals surface area contributed by atoms with Crippen LogP contribution in [-0.4, -0.2) is 0 Å². The maximum Gasteiger partial charge on any atom is -0.0313 e. The Kier molecular flexibility index (Phi) is 5.31. The summed E-state index contributed by atoms with van der Waals surface area (Å²) in [5, 5.41) is 0. The molecule has 1 fully saturated rings. The molecule has 0 unspecified atom stereocenters. The van der Waals surface area contributed by atoms with Gasteiger partial charge in [0.1, 0.15) is 0 Å². The van der Waals surface area contributed by atoms with Crippen LogP contribution in [0.1, 0.15) is 44.9 Å². The summed E-state index contributed by atoms with van der Waals surface area (Å²) in [5.41, 5.74) is 1.64. The summed E-state index contributed by atoms with van der Waals surface area (Å²) in [7, 11) is 0.